The Kier molecular flexibility index (Phi) is 6.39. The number of nitrogens with one attached hydrogen (secondary N) is 1. The molecule has 12 heteroatoms. The third-order valence-corrected chi connectivity index (χ3v) is 5.51. The molecule has 0 spiro atoms. The lowest BCUT2D eigenvalue weighted by Crippen LogP contribution is -2.55. The van der Waals surface area contributed by atoms with Crippen LogP contribution in [-0.4, -0.2) is 66.0 Å². The average Bonchev–Trinajstić information content (AvgIpc) is 2.94. The van der Waals surface area contributed by atoms with Gasteiger partial charge in [0.15, 0.2) is 0 Å². The lowest BCUT2D eigenvalue weighted by atomic mass is 10.0. The fraction of sp³-hybridized carbons (Fsp3) is 0.474. The highest BCUT2D eigenvalue weighted by atomic mass is 32.2. The average molecular weight is 456 g/mol. The summed E-state index contributed by atoms with van der Waals surface area (Å²) in [4.78, 5) is 26.3. The summed E-state index contributed by atoms with van der Waals surface area (Å²) < 4.78 is 40.2. The standard InChI is InChI=1S/C19H24N2O9S/c1-11-4-6-13(7-5-11)28-9-14-15(22)16(23)19(30-14,10-29-31(3,26)27)21-8-12(2)17(24)20-18(21)25/h4-8,14-16,22-23H,9-10H2,1-3H3,(H,20,24,25)/t14-,15-,16-,19-/m1/s1. The van der Waals surface area contributed by atoms with Gasteiger partial charge in [-0.25, -0.2) is 4.79 Å². The summed E-state index contributed by atoms with van der Waals surface area (Å²) in [5, 5.41) is 21.4. The zero-order chi connectivity index (χ0) is 23.0. The molecular formula is C19H24N2O9S. The van der Waals surface area contributed by atoms with E-state index in [4.69, 9.17) is 13.7 Å². The lowest BCUT2D eigenvalue weighted by Gasteiger charge is -2.33. The number of H-pyrrole nitrogens is 1. The molecular weight excluding hydrogens is 432 g/mol. The molecule has 0 bridgehead atoms. The summed E-state index contributed by atoms with van der Waals surface area (Å²) in [6.07, 6.45) is -2.57. The van der Waals surface area contributed by atoms with Gasteiger partial charge < -0.3 is 19.7 Å². The third kappa shape index (κ3) is 4.88. The minimum absolute atomic E-state index is 0.1000. The molecule has 0 aliphatic carbocycles. The van der Waals surface area contributed by atoms with Gasteiger partial charge in [-0.15, -0.1) is 0 Å². The number of rotatable bonds is 7. The first-order valence-electron chi connectivity index (χ1n) is 9.34. The summed E-state index contributed by atoms with van der Waals surface area (Å²) >= 11 is 0. The number of aryl methyl sites for hydroxylation is 2. The van der Waals surface area contributed by atoms with E-state index in [0.29, 0.717) is 5.75 Å². The maximum absolute atomic E-state index is 12.5. The summed E-state index contributed by atoms with van der Waals surface area (Å²) in [5.74, 6) is 0.484. The van der Waals surface area contributed by atoms with Crippen molar-refractivity contribution in [2.45, 2.75) is 37.9 Å². The monoisotopic (exact) mass is 456 g/mol. The van der Waals surface area contributed by atoms with Gasteiger partial charge in [0.2, 0.25) is 5.72 Å². The van der Waals surface area contributed by atoms with Gasteiger partial charge >= 0.3 is 5.69 Å². The predicted molar refractivity (Wildman–Crippen MR) is 108 cm³/mol. The normalized spacial score (nSPS) is 26.2. The molecule has 0 radical (unpaired) electrons. The van der Waals surface area contributed by atoms with Crippen LogP contribution >= 0.6 is 0 Å². The first-order valence-corrected chi connectivity index (χ1v) is 11.2. The maximum Gasteiger partial charge on any atom is 0.330 e. The van der Waals surface area contributed by atoms with E-state index in [9.17, 15) is 28.2 Å². The van der Waals surface area contributed by atoms with E-state index < -0.39 is 52.0 Å². The van der Waals surface area contributed by atoms with E-state index in [0.717, 1.165) is 22.6 Å². The molecule has 3 rings (SSSR count). The van der Waals surface area contributed by atoms with E-state index in [1.54, 1.807) is 12.1 Å². The summed E-state index contributed by atoms with van der Waals surface area (Å²) in [5.41, 5.74) is -2.64. The first kappa shape index (κ1) is 23.2. The molecule has 1 aliphatic rings. The fourth-order valence-electron chi connectivity index (χ4n) is 3.24. The van der Waals surface area contributed by atoms with E-state index in [1.165, 1.54) is 6.92 Å². The minimum Gasteiger partial charge on any atom is -0.491 e. The van der Waals surface area contributed by atoms with Gasteiger partial charge in [0.05, 0.1) is 6.26 Å². The molecule has 2 aromatic rings. The molecule has 0 unspecified atom stereocenters. The zero-order valence-electron chi connectivity index (χ0n) is 17.1. The zero-order valence-corrected chi connectivity index (χ0v) is 18.0. The second-order valence-electron chi connectivity index (χ2n) is 7.47. The van der Waals surface area contributed by atoms with Crippen LogP contribution in [0.1, 0.15) is 11.1 Å². The molecule has 1 fully saturated rings. The Bertz CT molecular complexity index is 1160. The number of benzene rings is 1. The van der Waals surface area contributed by atoms with Crippen LogP contribution in [0.4, 0.5) is 0 Å². The second-order valence-corrected chi connectivity index (χ2v) is 9.11. The Morgan fingerprint density at radius 1 is 1.19 bits per heavy atom. The van der Waals surface area contributed by atoms with Gasteiger partial charge in [-0.05, 0) is 26.0 Å². The van der Waals surface area contributed by atoms with Gasteiger partial charge in [-0.3, -0.25) is 18.5 Å². The highest BCUT2D eigenvalue weighted by Gasteiger charge is 2.57. The molecule has 170 valence electrons. The van der Waals surface area contributed by atoms with Crippen LogP contribution in [-0.2, 0) is 24.8 Å². The largest absolute Gasteiger partial charge is 0.491 e. The fourth-order valence-corrected chi connectivity index (χ4v) is 3.63. The van der Waals surface area contributed by atoms with Crippen molar-refractivity contribution in [2.75, 3.05) is 19.5 Å². The van der Waals surface area contributed by atoms with Crippen molar-refractivity contribution in [3.63, 3.8) is 0 Å². The van der Waals surface area contributed by atoms with Gasteiger partial charge in [0, 0.05) is 11.8 Å². The van der Waals surface area contributed by atoms with Crippen molar-refractivity contribution in [3.8, 4) is 5.75 Å². The predicted octanol–water partition coefficient (Wildman–Crippen LogP) is -1.02. The Labute approximate surface area is 178 Å². The number of hydrogen-bond donors (Lipinski definition) is 3. The maximum atomic E-state index is 12.5. The Morgan fingerprint density at radius 3 is 2.45 bits per heavy atom. The Balaban J connectivity index is 1.96. The van der Waals surface area contributed by atoms with Crippen molar-refractivity contribution < 1.29 is 32.3 Å². The molecule has 11 nitrogen and oxygen atoms in total. The molecule has 31 heavy (non-hydrogen) atoms. The molecule has 0 saturated carbocycles. The Hall–Kier alpha value is -2.51. The summed E-state index contributed by atoms with van der Waals surface area (Å²) in [6.45, 7) is 2.29. The highest BCUT2D eigenvalue weighted by molar-refractivity contribution is 7.85. The van der Waals surface area contributed by atoms with E-state index in [2.05, 4.69) is 4.98 Å². The summed E-state index contributed by atoms with van der Waals surface area (Å²) in [6, 6.07) is 7.07. The first-order chi connectivity index (χ1) is 14.4. The number of hydrogen-bond acceptors (Lipinski definition) is 9. The van der Waals surface area contributed by atoms with Crippen LogP contribution in [0, 0.1) is 13.8 Å². The third-order valence-electron chi connectivity index (χ3n) is 4.97. The number of nitrogens with zero attached hydrogens (tertiary/aromatic N) is 1. The number of aliphatic hydroxyl groups is 2. The number of aliphatic hydroxyl groups excluding tert-OH is 2. The number of ether oxygens (including phenoxy) is 2. The lowest BCUT2D eigenvalue weighted by molar-refractivity contribution is -0.167. The number of aromatic nitrogens is 2. The van der Waals surface area contributed by atoms with Crippen molar-refractivity contribution in [3.05, 3.63) is 62.4 Å². The number of aromatic amines is 1. The van der Waals surface area contributed by atoms with Crippen molar-refractivity contribution >= 4 is 10.1 Å². The molecule has 1 aromatic carbocycles. The second kappa shape index (κ2) is 8.55. The molecule has 0 amide bonds. The quantitative estimate of drug-likeness (QED) is 0.444. The van der Waals surface area contributed by atoms with Gasteiger partial charge in [-0.2, -0.15) is 8.42 Å². The van der Waals surface area contributed by atoms with E-state index in [-0.39, 0.29) is 12.2 Å². The van der Waals surface area contributed by atoms with Crippen molar-refractivity contribution in [1.82, 2.24) is 9.55 Å². The van der Waals surface area contributed by atoms with Crippen LogP contribution in [0.3, 0.4) is 0 Å². The van der Waals surface area contributed by atoms with Crippen LogP contribution in [0.15, 0.2) is 40.1 Å². The van der Waals surface area contributed by atoms with Crippen LogP contribution in [0.25, 0.3) is 0 Å². The smallest absolute Gasteiger partial charge is 0.330 e. The van der Waals surface area contributed by atoms with Crippen molar-refractivity contribution in [1.29, 1.82) is 0 Å². The highest BCUT2D eigenvalue weighted by Crippen LogP contribution is 2.36. The molecule has 4 atom stereocenters. The van der Waals surface area contributed by atoms with Gasteiger partial charge in [0.25, 0.3) is 15.7 Å². The summed E-state index contributed by atoms with van der Waals surface area (Å²) in [7, 11) is -4.00. The van der Waals surface area contributed by atoms with Crippen LogP contribution < -0.4 is 16.0 Å². The molecule has 1 aromatic heterocycles. The van der Waals surface area contributed by atoms with Crippen LogP contribution in [0.5, 0.6) is 5.75 Å². The SMILES string of the molecule is Cc1ccc(OC[C@H]2O[C@@](COS(C)(=O)=O)(n3cc(C)c(=O)[nH]c3=O)[C@H](O)[C@@H]2O)cc1. The van der Waals surface area contributed by atoms with Gasteiger partial charge in [-0.1, -0.05) is 17.7 Å². The topological polar surface area (TPSA) is 157 Å². The Morgan fingerprint density at radius 2 is 1.84 bits per heavy atom. The van der Waals surface area contributed by atoms with Crippen LogP contribution in [0.2, 0.25) is 0 Å². The van der Waals surface area contributed by atoms with Gasteiger partial charge in [0.1, 0.15) is 37.3 Å². The molecule has 2 heterocycles. The molecule has 1 saturated heterocycles. The van der Waals surface area contributed by atoms with E-state index in [1.807, 2.05) is 19.1 Å². The molecule has 1 aliphatic heterocycles. The van der Waals surface area contributed by atoms with Crippen molar-refractivity contribution in [2.24, 2.45) is 0 Å². The van der Waals surface area contributed by atoms with E-state index >= 15 is 0 Å². The minimum atomic E-state index is -4.00. The molecule has 3 N–H and O–H groups in total.